The topological polar surface area (TPSA) is 29.1 Å². The molecule has 0 aromatic heterocycles. The Labute approximate surface area is 52.2 Å². The summed E-state index contributed by atoms with van der Waals surface area (Å²) < 4.78 is 57.4. The molecule has 0 amide bonds. The van der Waals surface area contributed by atoms with Crippen LogP contribution in [0, 0.1) is 0 Å². The van der Waals surface area contributed by atoms with Gasteiger partial charge in [0.1, 0.15) is 6.61 Å². The summed E-state index contributed by atoms with van der Waals surface area (Å²) in [5.41, 5.74) is 0. The lowest BCUT2D eigenvalue weighted by Crippen LogP contribution is -2.26. The lowest BCUT2D eigenvalue weighted by Gasteiger charge is -2.08. The van der Waals surface area contributed by atoms with Gasteiger partial charge in [0.25, 0.3) is 0 Å². The van der Waals surface area contributed by atoms with E-state index in [0.717, 1.165) is 0 Å². The minimum absolute atomic E-state index is 2.18. The quantitative estimate of drug-likeness (QED) is 0.570. The Balaban J connectivity index is 3.56. The first-order valence-corrected chi connectivity index (χ1v) is 2.00. The average molecular weight is 165 g/mol. The first-order chi connectivity index (χ1) is 4.21. The summed E-state index contributed by atoms with van der Waals surface area (Å²) >= 11 is 0. The summed E-state index contributed by atoms with van der Waals surface area (Å²) in [6, 6.07) is 0. The summed E-state index contributed by atoms with van der Waals surface area (Å²) in [6.45, 7) is -2.18. The molecule has 0 heterocycles. The van der Waals surface area contributed by atoms with Crippen LogP contribution in [0.5, 0.6) is 0 Å². The van der Waals surface area contributed by atoms with Crippen molar-refractivity contribution >= 4 is 0 Å². The van der Waals surface area contributed by atoms with Crippen molar-refractivity contribution in [2.75, 3.05) is 6.61 Å². The molecular formula is C3H2F5O2. The van der Waals surface area contributed by atoms with Gasteiger partial charge >= 0.3 is 12.5 Å². The van der Waals surface area contributed by atoms with Crippen molar-refractivity contribution in [3.63, 3.8) is 0 Å². The fourth-order valence-corrected chi connectivity index (χ4v) is 0.166. The van der Waals surface area contributed by atoms with Crippen LogP contribution in [0.2, 0.25) is 0 Å². The Morgan fingerprint density at radius 2 is 1.50 bits per heavy atom. The predicted octanol–water partition coefficient (Wildman–Crippen LogP) is 1.55. The maximum Gasteiger partial charge on any atom is 0.522 e. The molecule has 61 valence electrons. The lowest BCUT2D eigenvalue weighted by molar-refractivity contribution is -0.372. The molecule has 0 fully saturated rings. The summed E-state index contributed by atoms with van der Waals surface area (Å²) in [5.74, 6) is 0. The smallest absolute Gasteiger partial charge is 0.283 e. The van der Waals surface area contributed by atoms with E-state index >= 15 is 0 Å². The van der Waals surface area contributed by atoms with Gasteiger partial charge in [-0.3, -0.25) is 4.74 Å². The molecule has 7 heteroatoms. The van der Waals surface area contributed by atoms with Crippen molar-refractivity contribution in [2.24, 2.45) is 0 Å². The molecule has 0 rings (SSSR count). The number of halogens is 5. The summed E-state index contributed by atoms with van der Waals surface area (Å²) in [6.07, 6.45) is -9.86. The number of ether oxygens (including phenoxy) is 1. The highest BCUT2D eigenvalue weighted by atomic mass is 19.4. The van der Waals surface area contributed by atoms with Gasteiger partial charge in [0.05, 0.1) is 0 Å². The fraction of sp³-hybridized carbons (Fsp3) is 1.00. The highest BCUT2D eigenvalue weighted by Gasteiger charge is 2.37. The van der Waals surface area contributed by atoms with Crippen LogP contribution < -0.4 is 0 Å². The minimum Gasteiger partial charge on any atom is -0.283 e. The van der Waals surface area contributed by atoms with E-state index in [4.69, 9.17) is 0 Å². The van der Waals surface area contributed by atoms with Gasteiger partial charge in [0, 0.05) is 0 Å². The van der Waals surface area contributed by atoms with Gasteiger partial charge < -0.3 is 0 Å². The van der Waals surface area contributed by atoms with Crippen LogP contribution in [0.25, 0.3) is 0 Å². The Morgan fingerprint density at radius 1 is 1.10 bits per heavy atom. The number of hydrogen-bond donors (Lipinski definition) is 0. The van der Waals surface area contributed by atoms with Crippen LogP contribution in [0.4, 0.5) is 22.0 Å². The molecule has 0 aromatic carbocycles. The van der Waals surface area contributed by atoms with Crippen molar-refractivity contribution in [1.82, 2.24) is 0 Å². The summed E-state index contributed by atoms with van der Waals surface area (Å²) in [5, 5.41) is 9.19. The molecule has 0 unspecified atom stereocenters. The number of rotatable bonds is 2. The second-order valence-corrected chi connectivity index (χ2v) is 1.37. The Hall–Kier alpha value is -0.430. The third-order valence-electron chi connectivity index (χ3n) is 0.404. The molecule has 1 radical (unpaired) electrons. The SMILES string of the molecule is [O]C(F)(F)COC(F)(F)F. The fourth-order valence-electron chi connectivity index (χ4n) is 0.166. The minimum atomic E-state index is -5.17. The molecule has 0 saturated carbocycles. The first-order valence-electron chi connectivity index (χ1n) is 2.00. The van der Waals surface area contributed by atoms with E-state index in [1.165, 1.54) is 0 Å². The van der Waals surface area contributed by atoms with Crippen LogP contribution in [-0.2, 0) is 9.84 Å². The van der Waals surface area contributed by atoms with Gasteiger partial charge in [0.2, 0.25) is 0 Å². The molecule has 0 aliphatic carbocycles. The zero-order valence-corrected chi connectivity index (χ0v) is 4.41. The molecule has 0 saturated heterocycles. The highest BCUT2D eigenvalue weighted by Crippen LogP contribution is 2.20. The van der Waals surface area contributed by atoms with Crippen molar-refractivity contribution in [3.8, 4) is 0 Å². The lowest BCUT2D eigenvalue weighted by atomic mass is 10.7. The standard InChI is InChI=1S/C3H2F5O2/c4-2(5,9)1-10-3(6,7)8/h1H2. The monoisotopic (exact) mass is 165 g/mol. The Kier molecular flexibility index (Phi) is 2.55. The maximum absolute atomic E-state index is 11.1. The van der Waals surface area contributed by atoms with E-state index < -0.39 is 19.1 Å². The summed E-state index contributed by atoms with van der Waals surface area (Å²) in [7, 11) is 0. The maximum atomic E-state index is 11.1. The number of hydrogen-bond acceptors (Lipinski definition) is 1. The van der Waals surface area contributed by atoms with Crippen LogP contribution >= 0.6 is 0 Å². The zero-order valence-electron chi connectivity index (χ0n) is 4.41. The summed E-state index contributed by atoms with van der Waals surface area (Å²) in [4.78, 5) is 0. The normalized spacial score (nSPS) is 13.8. The van der Waals surface area contributed by atoms with Gasteiger partial charge in [-0.2, -0.15) is 13.9 Å². The van der Waals surface area contributed by atoms with Crippen molar-refractivity contribution in [2.45, 2.75) is 12.5 Å². The Bertz CT molecular complexity index is 88.4. The van der Waals surface area contributed by atoms with E-state index in [1.54, 1.807) is 0 Å². The van der Waals surface area contributed by atoms with Gasteiger partial charge in [-0.05, 0) is 0 Å². The molecule has 0 aromatic rings. The molecule has 0 bridgehead atoms. The second-order valence-electron chi connectivity index (χ2n) is 1.37. The largest absolute Gasteiger partial charge is 0.522 e. The van der Waals surface area contributed by atoms with Gasteiger partial charge in [0.15, 0.2) is 0 Å². The van der Waals surface area contributed by atoms with Crippen LogP contribution in [0.1, 0.15) is 0 Å². The van der Waals surface area contributed by atoms with Gasteiger partial charge in [-0.15, -0.1) is 13.2 Å². The number of alkyl halides is 5. The van der Waals surface area contributed by atoms with E-state index in [2.05, 4.69) is 4.74 Å². The highest BCUT2D eigenvalue weighted by molar-refractivity contribution is 4.44. The predicted molar refractivity (Wildman–Crippen MR) is 17.6 cm³/mol. The van der Waals surface area contributed by atoms with E-state index in [1.807, 2.05) is 0 Å². The molecule has 0 aliphatic heterocycles. The van der Waals surface area contributed by atoms with Crippen LogP contribution in [0.3, 0.4) is 0 Å². The third-order valence-corrected chi connectivity index (χ3v) is 0.404. The van der Waals surface area contributed by atoms with Crippen LogP contribution in [0.15, 0.2) is 0 Å². The second kappa shape index (κ2) is 2.67. The van der Waals surface area contributed by atoms with Crippen molar-refractivity contribution < 1.29 is 31.8 Å². The molecule has 0 aliphatic rings. The van der Waals surface area contributed by atoms with Gasteiger partial charge in [-0.1, -0.05) is 0 Å². The van der Waals surface area contributed by atoms with Gasteiger partial charge in [-0.25, -0.2) is 0 Å². The van der Waals surface area contributed by atoms with E-state index in [-0.39, 0.29) is 0 Å². The molecule has 2 nitrogen and oxygen atoms in total. The molecule has 0 atom stereocenters. The molecular weight excluding hydrogens is 163 g/mol. The van der Waals surface area contributed by atoms with E-state index in [9.17, 15) is 27.1 Å². The van der Waals surface area contributed by atoms with Crippen molar-refractivity contribution in [3.05, 3.63) is 0 Å². The van der Waals surface area contributed by atoms with Crippen molar-refractivity contribution in [1.29, 1.82) is 0 Å². The average Bonchev–Trinajstić information content (AvgIpc) is 1.57. The first kappa shape index (κ1) is 9.57. The third kappa shape index (κ3) is 7.57. The molecule has 0 N–H and O–H groups in total. The van der Waals surface area contributed by atoms with Crippen LogP contribution in [-0.4, -0.2) is 19.1 Å². The van der Waals surface area contributed by atoms with E-state index in [0.29, 0.717) is 0 Å². The Morgan fingerprint density at radius 3 is 1.60 bits per heavy atom. The molecule has 0 spiro atoms. The zero-order chi connectivity index (χ0) is 8.41. The molecule has 10 heavy (non-hydrogen) atoms.